The van der Waals surface area contributed by atoms with Gasteiger partial charge in [0.1, 0.15) is 5.75 Å². The Balaban J connectivity index is 2.40. The summed E-state index contributed by atoms with van der Waals surface area (Å²) in [6.07, 6.45) is 0. The van der Waals surface area contributed by atoms with Gasteiger partial charge in [-0.2, -0.15) is 0 Å². The molecule has 0 amide bonds. The van der Waals surface area contributed by atoms with Gasteiger partial charge in [-0.05, 0) is 49.7 Å². The number of hydrogen-bond donors (Lipinski definition) is 5. The largest absolute Gasteiger partial charge is 0.481 e. The van der Waals surface area contributed by atoms with E-state index in [1.807, 2.05) is 6.92 Å². The van der Waals surface area contributed by atoms with Gasteiger partial charge in [0.05, 0.1) is 0 Å². The average molecular weight is 387 g/mol. The van der Waals surface area contributed by atoms with Crippen LogP contribution in [0, 0.1) is 13.8 Å². The van der Waals surface area contributed by atoms with Gasteiger partial charge in [0.2, 0.25) is 0 Å². The number of nitrogens with zero attached hydrogens (tertiary/aromatic N) is 1. The number of amidine groups is 1. The lowest BCUT2D eigenvalue weighted by Gasteiger charge is -2.21. The number of ether oxygens (including phenoxy) is 1. The normalized spacial score (nSPS) is 12.3. The van der Waals surface area contributed by atoms with Crippen LogP contribution in [0.2, 0.25) is 0 Å². The van der Waals surface area contributed by atoms with Gasteiger partial charge >= 0.3 is 11.9 Å². The van der Waals surface area contributed by atoms with Crippen LogP contribution in [0.4, 0.5) is 5.69 Å². The number of nitrogens with two attached hydrogens (primary N) is 1. The first-order valence-electron chi connectivity index (χ1n) is 8.26. The van der Waals surface area contributed by atoms with Crippen molar-refractivity contribution in [2.75, 3.05) is 11.9 Å². The molecule has 0 heterocycles. The zero-order valence-electron chi connectivity index (χ0n) is 15.3. The van der Waals surface area contributed by atoms with E-state index in [0.29, 0.717) is 22.4 Å². The van der Waals surface area contributed by atoms with Gasteiger partial charge in [0.15, 0.2) is 18.5 Å². The third-order valence-corrected chi connectivity index (χ3v) is 3.95. The standard InChI is InChI=1S/C19H21N3O6/c1-10-7-11(2)17(28-9-15(23)24)14(8-10)16(19(25)26)21-13-5-3-12(4-6-13)18(20)22-27/h3-8,16,21,27H,9H2,1-2H3,(H2,20,22)(H,23,24)(H,25,26). The molecule has 0 bridgehead atoms. The minimum atomic E-state index is -1.18. The van der Waals surface area contributed by atoms with Crippen LogP contribution in [0.15, 0.2) is 41.6 Å². The number of aryl methyl sites for hydroxylation is 2. The van der Waals surface area contributed by atoms with Crippen LogP contribution in [0.3, 0.4) is 0 Å². The maximum Gasteiger partial charge on any atom is 0.341 e. The Bertz CT molecular complexity index is 909. The maximum absolute atomic E-state index is 11.9. The summed E-state index contributed by atoms with van der Waals surface area (Å²) >= 11 is 0. The summed E-state index contributed by atoms with van der Waals surface area (Å²) < 4.78 is 5.36. The van der Waals surface area contributed by atoms with Crippen molar-refractivity contribution in [3.05, 3.63) is 58.7 Å². The second kappa shape index (κ2) is 8.76. The Morgan fingerprint density at radius 2 is 1.82 bits per heavy atom. The van der Waals surface area contributed by atoms with Crippen molar-refractivity contribution in [2.45, 2.75) is 19.9 Å². The van der Waals surface area contributed by atoms with Crippen molar-refractivity contribution in [2.24, 2.45) is 10.9 Å². The third-order valence-electron chi connectivity index (χ3n) is 3.95. The highest BCUT2D eigenvalue weighted by atomic mass is 16.5. The van der Waals surface area contributed by atoms with E-state index in [4.69, 9.17) is 20.8 Å². The lowest BCUT2D eigenvalue weighted by atomic mass is 9.99. The Labute approximate surface area is 161 Å². The molecule has 0 aliphatic rings. The zero-order valence-corrected chi connectivity index (χ0v) is 15.3. The highest BCUT2D eigenvalue weighted by Crippen LogP contribution is 2.33. The van der Waals surface area contributed by atoms with Crippen LogP contribution in [-0.2, 0) is 9.59 Å². The predicted molar refractivity (Wildman–Crippen MR) is 102 cm³/mol. The summed E-state index contributed by atoms with van der Waals surface area (Å²) in [5.41, 5.74) is 8.22. The molecule has 0 aromatic heterocycles. The fourth-order valence-corrected chi connectivity index (χ4v) is 2.77. The highest BCUT2D eigenvalue weighted by molar-refractivity contribution is 5.97. The Kier molecular flexibility index (Phi) is 6.43. The molecule has 0 radical (unpaired) electrons. The van der Waals surface area contributed by atoms with Crippen LogP contribution in [-0.4, -0.2) is 39.8 Å². The van der Waals surface area contributed by atoms with Gasteiger partial charge in [-0.15, -0.1) is 0 Å². The molecule has 1 unspecified atom stereocenters. The van der Waals surface area contributed by atoms with Crippen molar-refractivity contribution >= 4 is 23.5 Å². The van der Waals surface area contributed by atoms with Gasteiger partial charge in [-0.1, -0.05) is 16.8 Å². The number of carbonyl (C=O) groups is 2. The summed E-state index contributed by atoms with van der Waals surface area (Å²) in [6, 6.07) is 8.55. The molecule has 148 valence electrons. The maximum atomic E-state index is 11.9. The fourth-order valence-electron chi connectivity index (χ4n) is 2.77. The quantitative estimate of drug-likeness (QED) is 0.200. The molecule has 2 aromatic rings. The summed E-state index contributed by atoms with van der Waals surface area (Å²) in [6.45, 7) is 2.94. The number of carboxylic acids is 2. The molecule has 0 saturated carbocycles. The first-order chi connectivity index (χ1) is 13.2. The number of benzene rings is 2. The molecular formula is C19H21N3O6. The number of oxime groups is 1. The van der Waals surface area contributed by atoms with Crippen LogP contribution >= 0.6 is 0 Å². The summed E-state index contributed by atoms with van der Waals surface area (Å²) in [7, 11) is 0. The minimum absolute atomic E-state index is 0.0694. The van der Waals surface area contributed by atoms with E-state index < -0.39 is 24.6 Å². The Morgan fingerprint density at radius 3 is 2.36 bits per heavy atom. The van der Waals surface area contributed by atoms with Crippen LogP contribution in [0.5, 0.6) is 5.75 Å². The molecule has 6 N–H and O–H groups in total. The van der Waals surface area contributed by atoms with E-state index in [1.54, 1.807) is 43.3 Å². The second-order valence-electron chi connectivity index (χ2n) is 6.16. The van der Waals surface area contributed by atoms with E-state index in [0.717, 1.165) is 5.56 Å². The number of carboxylic acid groups (broad SMARTS) is 2. The fraction of sp³-hybridized carbons (Fsp3) is 0.211. The monoisotopic (exact) mass is 387 g/mol. The molecule has 0 aliphatic carbocycles. The molecule has 2 rings (SSSR count). The SMILES string of the molecule is Cc1cc(C)c(OCC(=O)O)c(C(Nc2ccc(/C(N)=N\O)cc2)C(=O)O)c1. The molecule has 0 spiro atoms. The van der Waals surface area contributed by atoms with Gasteiger partial charge in [0, 0.05) is 16.8 Å². The Hall–Kier alpha value is -3.75. The van der Waals surface area contributed by atoms with Crippen LogP contribution in [0.1, 0.15) is 28.3 Å². The summed E-state index contributed by atoms with van der Waals surface area (Å²) in [4.78, 5) is 22.8. The average Bonchev–Trinajstić information content (AvgIpc) is 2.64. The van der Waals surface area contributed by atoms with Gasteiger partial charge in [-0.25, -0.2) is 9.59 Å². The minimum Gasteiger partial charge on any atom is -0.481 e. The zero-order chi connectivity index (χ0) is 20.8. The van der Waals surface area contributed by atoms with Crippen LogP contribution < -0.4 is 15.8 Å². The second-order valence-corrected chi connectivity index (χ2v) is 6.16. The van der Waals surface area contributed by atoms with Crippen molar-refractivity contribution in [1.29, 1.82) is 0 Å². The number of nitrogens with one attached hydrogen (secondary N) is 1. The molecule has 28 heavy (non-hydrogen) atoms. The molecular weight excluding hydrogens is 366 g/mol. The topological polar surface area (TPSA) is 154 Å². The molecule has 0 fully saturated rings. The van der Waals surface area contributed by atoms with E-state index in [9.17, 15) is 14.7 Å². The van der Waals surface area contributed by atoms with Crippen molar-refractivity contribution in [3.63, 3.8) is 0 Å². The van der Waals surface area contributed by atoms with Crippen molar-refractivity contribution in [1.82, 2.24) is 0 Å². The molecule has 1 atom stereocenters. The number of hydrogen-bond acceptors (Lipinski definition) is 6. The lowest BCUT2D eigenvalue weighted by molar-refractivity contribution is -0.139. The van der Waals surface area contributed by atoms with Gasteiger partial charge in [0.25, 0.3) is 0 Å². The van der Waals surface area contributed by atoms with Gasteiger partial charge < -0.3 is 31.2 Å². The number of aliphatic carboxylic acids is 2. The number of rotatable bonds is 8. The van der Waals surface area contributed by atoms with Gasteiger partial charge in [-0.3, -0.25) is 0 Å². The third kappa shape index (κ3) is 4.91. The molecule has 9 heteroatoms. The number of anilines is 1. The smallest absolute Gasteiger partial charge is 0.341 e. The van der Waals surface area contributed by atoms with Crippen molar-refractivity contribution < 1.29 is 29.7 Å². The lowest BCUT2D eigenvalue weighted by Crippen LogP contribution is -2.23. The van der Waals surface area contributed by atoms with Crippen molar-refractivity contribution in [3.8, 4) is 5.75 Å². The first-order valence-corrected chi connectivity index (χ1v) is 8.26. The van der Waals surface area contributed by atoms with E-state index in [-0.39, 0.29) is 11.6 Å². The molecule has 0 aliphatic heterocycles. The van der Waals surface area contributed by atoms with E-state index in [2.05, 4.69) is 10.5 Å². The highest BCUT2D eigenvalue weighted by Gasteiger charge is 2.25. The molecule has 0 saturated heterocycles. The molecule has 2 aromatic carbocycles. The Morgan fingerprint density at radius 1 is 1.18 bits per heavy atom. The van der Waals surface area contributed by atoms with E-state index >= 15 is 0 Å². The predicted octanol–water partition coefficient (Wildman–Crippen LogP) is 2.10. The first kappa shape index (κ1) is 20.6. The summed E-state index contributed by atoms with van der Waals surface area (Å²) in [5, 5.41) is 33.1. The molecule has 9 nitrogen and oxygen atoms in total. The van der Waals surface area contributed by atoms with E-state index in [1.165, 1.54) is 0 Å². The summed E-state index contributed by atoms with van der Waals surface area (Å²) in [5.74, 6) is -2.18. The van der Waals surface area contributed by atoms with Crippen LogP contribution in [0.25, 0.3) is 0 Å².